The van der Waals surface area contributed by atoms with Gasteiger partial charge < -0.3 is 4.74 Å². The molecule has 1 aromatic carbocycles. The van der Waals surface area contributed by atoms with E-state index >= 15 is 0 Å². The third-order valence-electron chi connectivity index (χ3n) is 2.88. The van der Waals surface area contributed by atoms with Crippen molar-refractivity contribution in [3.05, 3.63) is 57.8 Å². The van der Waals surface area contributed by atoms with Gasteiger partial charge in [-0.2, -0.15) is 13.2 Å². The summed E-state index contributed by atoms with van der Waals surface area (Å²) in [7, 11) is 0. The minimum Gasteiger partial charge on any atom is -0.482 e. The average molecular weight is 329 g/mol. The zero-order chi connectivity index (χ0) is 17.2. The predicted octanol–water partition coefficient (Wildman–Crippen LogP) is 3.04. The van der Waals surface area contributed by atoms with Crippen LogP contribution in [-0.2, 0) is 0 Å². The molecule has 0 aliphatic carbocycles. The van der Waals surface area contributed by atoms with Gasteiger partial charge in [-0.1, -0.05) is 0 Å². The number of halogens is 4. The van der Waals surface area contributed by atoms with Crippen molar-refractivity contribution in [2.45, 2.75) is 13.1 Å². The fraction of sp³-hybridized carbons (Fsp3) is 0.200. The molecule has 0 spiro atoms. The largest absolute Gasteiger partial charge is 0.482 e. The highest BCUT2D eigenvalue weighted by Gasteiger charge is 2.29. The van der Waals surface area contributed by atoms with E-state index in [9.17, 15) is 27.2 Å². The van der Waals surface area contributed by atoms with Crippen LogP contribution in [0.25, 0.3) is 5.69 Å². The number of alkyl halides is 3. The molecule has 0 saturated carbocycles. The first-order chi connectivity index (χ1) is 10.7. The van der Waals surface area contributed by atoms with E-state index in [-0.39, 0.29) is 11.3 Å². The first kappa shape index (κ1) is 16.7. The molecule has 23 heavy (non-hydrogen) atoms. The maximum absolute atomic E-state index is 13.3. The van der Waals surface area contributed by atoms with Crippen LogP contribution in [0, 0.1) is 12.7 Å². The summed E-state index contributed by atoms with van der Waals surface area (Å²) in [6.45, 7) is -0.0345. The monoisotopic (exact) mass is 329 g/mol. The van der Waals surface area contributed by atoms with Gasteiger partial charge in [0.1, 0.15) is 11.6 Å². The topological polar surface area (TPSA) is 48.3 Å². The molecule has 1 aromatic heterocycles. The van der Waals surface area contributed by atoms with E-state index in [1.54, 1.807) is 6.92 Å². The third kappa shape index (κ3) is 3.97. The van der Waals surface area contributed by atoms with Crippen molar-refractivity contribution in [3.8, 4) is 11.4 Å². The molecule has 122 valence electrons. The molecule has 0 atom stereocenters. The zero-order valence-electron chi connectivity index (χ0n) is 11.9. The van der Waals surface area contributed by atoms with Crippen molar-refractivity contribution in [3.63, 3.8) is 0 Å². The Morgan fingerprint density at radius 1 is 1.26 bits per heavy atom. The molecular weight excluding hydrogens is 318 g/mol. The summed E-state index contributed by atoms with van der Waals surface area (Å²) in [6.07, 6.45) is -2.95. The van der Waals surface area contributed by atoms with E-state index < -0.39 is 29.9 Å². The van der Waals surface area contributed by atoms with E-state index in [4.69, 9.17) is 0 Å². The Labute approximate surface area is 127 Å². The Balaban J connectivity index is 2.58. The van der Waals surface area contributed by atoms with Crippen LogP contribution in [-0.4, -0.2) is 23.6 Å². The molecule has 0 amide bonds. The Hall–Kier alpha value is -2.64. The van der Waals surface area contributed by atoms with Crippen molar-refractivity contribution in [2.24, 2.45) is 0 Å². The molecule has 0 aliphatic heterocycles. The Morgan fingerprint density at radius 3 is 2.57 bits per heavy atom. The van der Waals surface area contributed by atoms with E-state index in [1.807, 2.05) is 0 Å². The molecule has 0 aliphatic rings. The number of aldehydes is 1. The molecule has 0 bridgehead atoms. The Bertz CT molecular complexity index is 796. The van der Waals surface area contributed by atoms with E-state index in [0.29, 0.717) is 11.8 Å². The first-order valence-corrected chi connectivity index (χ1v) is 6.39. The summed E-state index contributed by atoms with van der Waals surface area (Å²) < 4.78 is 55.8. The standard InChI is InChI=1S/C15H11F4NO3/c1-9-4-10(7-21)14(22)20(6-9)12-3-2-11(16)5-13(12)23-8-15(17,18)19/h2-7H,8H2,1H3. The molecule has 0 radical (unpaired) electrons. The van der Waals surface area contributed by atoms with Gasteiger partial charge in [-0.15, -0.1) is 0 Å². The van der Waals surface area contributed by atoms with Gasteiger partial charge in [0, 0.05) is 12.3 Å². The maximum atomic E-state index is 13.3. The summed E-state index contributed by atoms with van der Waals surface area (Å²) in [5.41, 5.74) is -0.476. The number of nitrogens with zero attached hydrogens (tertiary/aromatic N) is 1. The number of hydrogen-bond donors (Lipinski definition) is 0. The van der Waals surface area contributed by atoms with Crippen LogP contribution in [0.15, 0.2) is 35.3 Å². The number of aryl methyl sites for hydroxylation is 1. The highest BCUT2D eigenvalue weighted by Crippen LogP contribution is 2.26. The van der Waals surface area contributed by atoms with Crippen molar-refractivity contribution in [2.75, 3.05) is 6.61 Å². The lowest BCUT2D eigenvalue weighted by Gasteiger charge is -2.15. The van der Waals surface area contributed by atoms with Gasteiger partial charge in [0.15, 0.2) is 12.9 Å². The Kier molecular flexibility index (Phi) is 4.53. The van der Waals surface area contributed by atoms with Crippen molar-refractivity contribution in [1.82, 2.24) is 4.57 Å². The Morgan fingerprint density at radius 2 is 1.96 bits per heavy atom. The van der Waals surface area contributed by atoms with Crippen LogP contribution in [0.1, 0.15) is 15.9 Å². The maximum Gasteiger partial charge on any atom is 0.422 e. The smallest absolute Gasteiger partial charge is 0.422 e. The number of rotatable bonds is 4. The van der Waals surface area contributed by atoms with Gasteiger partial charge in [-0.05, 0) is 30.7 Å². The molecule has 4 nitrogen and oxygen atoms in total. The molecule has 0 N–H and O–H groups in total. The van der Waals surface area contributed by atoms with Gasteiger partial charge in [-0.25, -0.2) is 4.39 Å². The van der Waals surface area contributed by atoms with Crippen LogP contribution in [0.5, 0.6) is 5.75 Å². The lowest BCUT2D eigenvalue weighted by molar-refractivity contribution is -0.153. The zero-order valence-corrected chi connectivity index (χ0v) is 11.9. The number of hydrogen-bond acceptors (Lipinski definition) is 3. The van der Waals surface area contributed by atoms with Gasteiger partial charge >= 0.3 is 6.18 Å². The summed E-state index contributed by atoms with van der Waals surface area (Å²) in [6, 6.07) is 4.17. The number of aromatic nitrogens is 1. The SMILES string of the molecule is Cc1cc(C=O)c(=O)n(-c2ccc(F)cc2OCC(F)(F)F)c1. The van der Waals surface area contributed by atoms with E-state index in [1.165, 1.54) is 12.3 Å². The second kappa shape index (κ2) is 6.23. The van der Waals surface area contributed by atoms with Crippen molar-refractivity contribution in [1.29, 1.82) is 0 Å². The molecular formula is C15H11F4NO3. The van der Waals surface area contributed by atoms with Crippen LogP contribution in [0.3, 0.4) is 0 Å². The highest BCUT2D eigenvalue weighted by molar-refractivity contribution is 5.74. The van der Waals surface area contributed by atoms with Crippen molar-refractivity contribution < 1.29 is 27.1 Å². The first-order valence-electron chi connectivity index (χ1n) is 6.39. The number of pyridine rings is 1. The summed E-state index contributed by atoms with van der Waals surface area (Å²) >= 11 is 0. The molecule has 0 saturated heterocycles. The third-order valence-corrected chi connectivity index (χ3v) is 2.88. The fourth-order valence-electron chi connectivity index (χ4n) is 1.97. The minimum absolute atomic E-state index is 0.0903. The summed E-state index contributed by atoms with van der Waals surface area (Å²) in [5.74, 6) is -1.27. The van der Waals surface area contributed by atoms with Crippen molar-refractivity contribution >= 4 is 6.29 Å². The number of carbonyl (C=O) groups is 1. The minimum atomic E-state index is -4.62. The quantitative estimate of drug-likeness (QED) is 0.640. The molecule has 2 aromatic rings. The van der Waals surface area contributed by atoms with Gasteiger partial charge in [0.05, 0.1) is 11.3 Å². The molecule has 2 rings (SSSR count). The normalized spacial score (nSPS) is 11.3. The predicted molar refractivity (Wildman–Crippen MR) is 73.7 cm³/mol. The number of benzene rings is 1. The summed E-state index contributed by atoms with van der Waals surface area (Å²) in [5, 5.41) is 0. The van der Waals surface area contributed by atoms with E-state index in [2.05, 4.69) is 4.74 Å². The summed E-state index contributed by atoms with van der Waals surface area (Å²) in [4.78, 5) is 23.1. The highest BCUT2D eigenvalue weighted by atomic mass is 19.4. The lowest BCUT2D eigenvalue weighted by Crippen LogP contribution is -2.24. The van der Waals surface area contributed by atoms with Crippen LogP contribution in [0.4, 0.5) is 17.6 Å². The van der Waals surface area contributed by atoms with Crippen LogP contribution in [0.2, 0.25) is 0 Å². The van der Waals surface area contributed by atoms with Crippen LogP contribution >= 0.6 is 0 Å². The van der Waals surface area contributed by atoms with Gasteiger partial charge in [-0.3, -0.25) is 14.2 Å². The molecule has 1 heterocycles. The number of carbonyl (C=O) groups excluding carboxylic acids is 1. The van der Waals surface area contributed by atoms with Crippen LogP contribution < -0.4 is 10.3 Å². The lowest BCUT2D eigenvalue weighted by atomic mass is 10.2. The molecule has 0 unspecified atom stereocenters. The average Bonchev–Trinajstić information content (AvgIpc) is 2.47. The van der Waals surface area contributed by atoms with Gasteiger partial charge in [0.25, 0.3) is 5.56 Å². The molecule has 0 fully saturated rings. The fourth-order valence-corrected chi connectivity index (χ4v) is 1.97. The second-order valence-corrected chi connectivity index (χ2v) is 4.78. The van der Waals surface area contributed by atoms with E-state index in [0.717, 1.165) is 22.8 Å². The van der Waals surface area contributed by atoms with Gasteiger partial charge in [0.2, 0.25) is 0 Å². The number of ether oxygens (including phenoxy) is 1. The second-order valence-electron chi connectivity index (χ2n) is 4.78. The molecule has 8 heteroatoms.